The van der Waals surface area contributed by atoms with E-state index in [0.717, 1.165) is 12.1 Å². The SMILES string of the molecule is O=c1cc(CO)[nH]c([N+](=O)[O-])c1. The predicted molar refractivity (Wildman–Crippen MR) is 39.6 cm³/mol. The molecule has 1 rings (SSSR count). The molecule has 0 radical (unpaired) electrons. The van der Waals surface area contributed by atoms with Gasteiger partial charge in [-0.1, -0.05) is 0 Å². The summed E-state index contributed by atoms with van der Waals surface area (Å²) >= 11 is 0. The van der Waals surface area contributed by atoms with Crippen LogP contribution in [0.5, 0.6) is 0 Å². The highest BCUT2D eigenvalue weighted by Crippen LogP contribution is 2.03. The first-order valence-electron chi connectivity index (χ1n) is 3.12. The highest BCUT2D eigenvalue weighted by atomic mass is 16.6. The van der Waals surface area contributed by atoms with Crippen molar-refractivity contribution in [3.05, 3.63) is 38.2 Å². The van der Waals surface area contributed by atoms with Crippen LogP contribution >= 0.6 is 0 Å². The summed E-state index contributed by atoms with van der Waals surface area (Å²) in [6, 6.07) is 1.96. The highest BCUT2D eigenvalue weighted by molar-refractivity contribution is 5.21. The van der Waals surface area contributed by atoms with Crippen molar-refractivity contribution in [3.63, 3.8) is 0 Å². The number of nitrogens with one attached hydrogen (secondary N) is 1. The Balaban J connectivity index is 3.24. The Kier molecular flexibility index (Phi) is 2.20. The average molecular weight is 170 g/mol. The number of pyridine rings is 1. The molecule has 0 aliphatic rings. The molecular weight excluding hydrogens is 164 g/mol. The van der Waals surface area contributed by atoms with Crippen molar-refractivity contribution < 1.29 is 10.0 Å². The molecule has 0 spiro atoms. The van der Waals surface area contributed by atoms with E-state index >= 15 is 0 Å². The number of aromatic nitrogens is 1. The molecule has 0 amide bonds. The topological polar surface area (TPSA) is 96.2 Å². The quantitative estimate of drug-likeness (QED) is 0.473. The van der Waals surface area contributed by atoms with Crippen LogP contribution in [0.3, 0.4) is 0 Å². The van der Waals surface area contributed by atoms with Crippen LogP contribution in [0, 0.1) is 10.1 Å². The van der Waals surface area contributed by atoms with E-state index in [2.05, 4.69) is 4.98 Å². The van der Waals surface area contributed by atoms with Gasteiger partial charge in [0, 0.05) is 6.07 Å². The van der Waals surface area contributed by atoms with Crippen LogP contribution in [0.25, 0.3) is 0 Å². The molecule has 0 saturated heterocycles. The molecule has 1 aromatic heterocycles. The molecule has 6 heteroatoms. The average Bonchev–Trinajstić information content (AvgIpc) is 2.03. The molecule has 64 valence electrons. The van der Waals surface area contributed by atoms with Gasteiger partial charge in [-0.2, -0.15) is 0 Å². The van der Waals surface area contributed by atoms with Crippen LogP contribution in [-0.2, 0) is 6.61 Å². The van der Waals surface area contributed by atoms with Crippen LogP contribution in [0.15, 0.2) is 16.9 Å². The van der Waals surface area contributed by atoms with Gasteiger partial charge in [-0.05, 0) is 4.92 Å². The van der Waals surface area contributed by atoms with Gasteiger partial charge < -0.3 is 15.2 Å². The summed E-state index contributed by atoms with van der Waals surface area (Å²) in [7, 11) is 0. The normalized spacial score (nSPS) is 9.75. The lowest BCUT2D eigenvalue weighted by molar-refractivity contribution is -0.389. The Bertz CT molecular complexity index is 357. The molecule has 0 aliphatic carbocycles. The number of nitro groups is 1. The maximum Gasteiger partial charge on any atom is 0.324 e. The van der Waals surface area contributed by atoms with Crippen molar-refractivity contribution in [1.29, 1.82) is 0 Å². The van der Waals surface area contributed by atoms with Gasteiger partial charge in [0.05, 0.1) is 6.07 Å². The maximum atomic E-state index is 10.7. The Morgan fingerprint density at radius 1 is 1.58 bits per heavy atom. The first-order chi connectivity index (χ1) is 5.63. The summed E-state index contributed by atoms with van der Waals surface area (Å²) in [5, 5.41) is 18.8. The van der Waals surface area contributed by atoms with Gasteiger partial charge in [-0.25, -0.2) is 4.98 Å². The molecule has 0 saturated carbocycles. The fourth-order valence-electron chi connectivity index (χ4n) is 0.768. The van der Waals surface area contributed by atoms with Gasteiger partial charge >= 0.3 is 5.82 Å². The lowest BCUT2D eigenvalue weighted by Crippen LogP contribution is -2.06. The Hall–Kier alpha value is -1.69. The zero-order chi connectivity index (χ0) is 9.14. The summed E-state index contributed by atoms with van der Waals surface area (Å²) in [6.07, 6.45) is 0. The van der Waals surface area contributed by atoms with E-state index in [1.807, 2.05) is 0 Å². The van der Waals surface area contributed by atoms with Crippen molar-refractivity contribution in [2.75, 3.05) is 0 Å². The monoisotopic (exact) mass is 170 g/mol. The molecule has 0 aliphatic heterocycles. The highest BCUT2D eigenvalue weighted by Gasteiger charge is 2.06. The second-order valence-electron chi connectivity index (χ2n) is 2.14. The van der Waals surface area contributed by atoms with Crippen molar-refractivity contribution in [3.8, 4) is 0 Å². The lowest BCUT2D eigenvalue weighted by Gasteiger charge is -1.95. The number of hydrogen-bond donors (Lipinski definition) is 2. The van der Waals surface area contributed by atoms with Gasteiger partial charge in [0.1, 0.15) is 12.3 Å². The summed E-state index contributed by atoms with van der Waals surface area (Å²) in [5.41, 5.74) is -0.362. The lowest BCUT2D eigenvalue weighted by atomic mass is 10.3. The number of aliphatic hydroxyl groups excluding tert-OH is 1. The van der Waals surface area contributed by atoms with Gasteiger partial charge in [0.25, 0.3) is 0 Å². The smallest absolute Gasteiger partial charge is 0.324 e. The molecule has 0 bridgehead atoms. The Labute approximate surface area is 66.6 Å². The van der Waals surface area contributed by atoms with E-state index in [0.29, 0.717) is 0 Å². The molecule has 2 N–H and O–H groups in total. The molecule has 0 fully saturated rings. The largest absolute Gasteiger partial charge is 0.388 e. The van der Waals surface area contributed by atoms with Crippen molar-refractivity contribution >= 4 is 5.82 Å². The Morgan fingerprint density at radius 2 is 2.25 bits per heavy atom. The van der Waals surface area contributed by atoms with E-state index < -0.39 is 22.8 Å². The fraction of sp³-hybridized carbons (Fsp3) is 0.167. The minimum absolute atomic E-state index is 0.134. The number of aromatic amines is 1. The van der Waals surface area contributed by atoms with Crippen LogP contribution in [0.4, 0.5) is 5.82 Å². The third-order valence-corrected chi connectivity index (χ3v) is 1.25. The molecule has 6 nitrogen and oxygen atoms in total. The molecule has 0 unspecified atom stereocenters. The summed E-state index contributed by atoms with van der Waals surface area (Å²) in [5.74, 6) is -0.411. The molecule has 0 atom stereocenters. The summed E-state index contributed by atoms with van der Waals surface area (Å²) in [4.78, 5) is 22.5. The van der Waals surface area contributed by atoms with Crippen LogP contribution in [0.2, 0.25) is 0 Å². The number of nitrogens with zero attached hydrogens (tertiary/aromatic N) is 1. The van der Waals surface area contributed by atoms with E-state index in [9.17, 15) is 14.9 Å². The number of hydrogen-bond acceptors (Lipinski definition) is 4. The summed E-state index contributed by atoms with van der Waals surface area (Å²) < 4.78 is 0. The fourth-order valence-corrected chi connectivity index (χ4v) is 0.768. The van der Waals surface area contributed by atoms with Gasteiger partial charge in [0.2, 0.25) is 0 Å². The van der Waals surface area contributed by atoms with Crippen LogP contribution in [0.1, 0.15) is 5.69 Å². The third kappa shape index (κ3) is 1.67. The van der Waals surface area contributed by atoms with E-state index in [4.69, 9.17) is 5.11 Å². The maximum absolute atomic E-state index is 10.7. The first-order valence-corrected chi connectivity index (χ1v) is 3.12. The zero-order valence-electron chi connectivity index (χ0n) is 5.98. The number of H-pyrrole nitrogens is 1. The second-order valence-corrected chi connectivity index (χ2v) is 2.14. The van der Waals surface area contributed by atoms with Crippen LogP contribution < -0.4 is 5.43 Å². The van der Waals surface area contributed by atoms with E-state index in [1.54, 1.807) is 0 Å². The Morgan fingerprint density at radius 3 is 2.75 bits per heavy atom. The standard InChI is InChI=1S/C6H6N2O4/c9-3-4-1-5(10)2-6(7-4)8(11)12/h1-2,9H,3H2,(H,7,10). The molecule has 1 aromatic rings. The molecule has 1 heterocycles. The van der Waals surface area contributed by atoms with Crippen LogP contribution in [-0.4, -0.2) is 15.0 Å². The third-order valence-electron chi connectivity index (χ3n) is 1.25. The predicted octanol–water partition coefficient (Wildman–Crippen LogP) is -0.225. The number of aliphatic hydroxyl groups is 1. The zero-order valence-corrected chi connectivity index (χ0v) is 5.98. The molecule has 12 heavy (non-hydrogen) atoms. The summed E-state index contributed by atoms with van der Waals surface area (Å²) in [6.45, 7) is -0.420. The first kappa shape index (κ1) is 8.41. The molecular formula is C6H6N2O4. The second kappa shape index (κ2) is 3.14. The minimum atomic E-state index is -0.722. The van der Waals surface area contributed by atoms with Gasteiger partial charge in [-0.3, -0.25) is 4.79 Å². The van der Waals surface area contributed by atoms with Gasteiger partial charge in [-0.15, -0.1) is 0 Å². The van der Waals surface area contributed by atoms with E-state index in [1.165, 1.54) is 0 Å². The molecule has 0 aromatic carbocycles. The van der Waals surface area contributed by atoms with Crippen molar-refractivity contribution in [2.45, 2.75) is 6.61 Å². The minimum Gasteiger partial charge on any atom is -0.388 e. The number of rotatable bonds is 2. The van der Waals surface area contributed by atoms with Crippen molar-refractivity contribution in [1.82, 2.24) is 4.98 Å². The van der Waals surface area contributed by atoms with Gasteiger partial charge in [0.15, 0.2) is 5.43 Å². The van der Waals surface area contributed by atoms with Crippen molar-refractivity contribution in [2.24, 2.45) is 0 Å². The van der Waals surface area contributed by atoms with E-state index in [-0.39, 0.29) is 5.69 Å².